The van der Waals surface area contributed by atoms with E-state index in [1.165, 1.54) is 12.4 Å². The van der Waals surface area contributed by atoms with E-state index in [1.807, 2.05) is 57.2 Å². The Hall–Kier alpha value is -5.32. The van der Waals surface area contributed by atoms with Gasteiger partial charge in [-0.15, -0.1) is 0 Å². The molecule has 4 aromatic rings. The zero-order chi connectivity index (χ0) is 29.6. The van der Waals surface area contributed by atoms with E-state index in [1.54, 1.807) is 47.1 Å². The van der Waals surface area contributed by atoms with Crippen molar-refractivity contribution >= 4 is 46.9 Å². The second-order valence-electron chi connectivity index (χ2n) is 11.4. The van der Waals surface area contributed by atoms with E-state index in [9.17, 15) is 14.4 Å². The van der Waals surface area contributed by atoms with Crippen molar-refractivity contribution in [2.75, 3.05) is 17.7 Å². The summed E-state index contributed by atoms with van der Waals surface area (Å²) in [6, 6.07) is 17.4. The van der Waals surface area contributed by atoms with E-state index in [4.69, 9.17) is 5.10 Å². The van der Waals surface area contributed by atoms with Gasteiger partial charge in [0.25, 0.3) is 0 Å². The Morgan fingerprint density at radius 2 is 1.83 bits per heavy atom. The summed E-state index contributed by atoms with van der Waals surface area (Å²) in [5, 5.41) is 11.4. The number of hydrogen-bond acceptors (Lipinski definition) is 6. The highest BCUT2D eigenvalue weighted by Gasteiger charge is 2.34. The molecule has 2 aliphatic rings. The van der Waals surface area contributed by atoms with Gasteiger partial charge < -0.3 is 15.2 Å². The van der Waals surface area contributed by atoms with Gasteiger partial charge >= 0.3 is 6.03 Å². The minimum absolute atomic E-state index is 0.0872. The van der Waals surface area contributed by atoms with Gasteiger partial charge in [0, 0.05) is 53.0 Å². The maximum absolute atomic E-state index is 13.2. The lowest BCUT2D eigenvalue weighted by atomic mass is 9.90. The SMILES string of the molecule is CN1C(=O)C(c2cccc(NC(=O)Nc3cc(C(C)(C)C)nn3-c3ccc4[nH]c(=O)ccc4c3)c2)C=C2C=NC=NC21. The van der Waals surface area contributed by atoms with Crippen molar-refractivity contribution < 1.29 is 9.59 Å². The van der Waals surface area contributed by atoms with Crippen LogP contribution in [0.15, 0.2) is 87.1 Å². The van der Waals surface area contributed by atoms with E-state index in [0.717, 1.165) is 27.9 Å². The number of aromatic amines is 1. The van der Waals surface area contributed by atoms with Gasteiger partial charge in [-0.05, 0) is 42.0 Å². The molecule has 2 aromatic carbocycles. The molecule has 2 aliphatic heterocycles. The number of fused-ring (bicyclic) bond motifs is 2. The molecule has 0 saturated heterocycles. The minimum Gasteiger partial charge on any atom is -0.322 e. The summed E-state index contributed by atoms with van der Waals surface area (Å²) in [5.41, 5.74) is 3.91. The Balaban J connectivity index is 1.26. The third kappa shape index (κ3) is 5.12. The van der Waals surface area contributed by atoms with Gasteiger partial charge in [0.1, 0.15) is 12.2 Å². The minimum atomic E-state index is -0.524. The van der Waals surface area contributed by atoms with Crippen molar-refractivity contribution in [3.05, 3.63) is 93.9 Å². The summed E-state index contributed by atoms with van der Waals surface area (Å²) in [4.78, 5) is 50.9. The van der Waals surface area contributed by atoms with E-state index in [0.29, 0.717) is 17.0 Å². The summed E-state index contributed by atoms with van der Waals surface area (Å²) in [6.45, 7) is 6.15. The highest BCUT2D eigenvalue weighted by atomic mass is 16.2. The summed E-state index contributed by atoms with van der Waals surface area (Å²) in [7, 11) is 1.73. The van der Waals surface area contributed by atoms with E-state index < -0.39 is 11.9 Å². The maximum atomic E-state index is 13.2. The van der Waals surface area contributed by atoms with Crippen LogP contribution < -0.4 is 16.2 Å². The molecule has 11 nitrogen and oxygen atoms in total. The average molecular weight is 563 g/mol. The Labute approximate surface area is 241 Å². The van der Waals surface area contributed by atoms with Crippen LogP contribution >= 0.6 is 0 Å². The summed E-state index contributed by atoms with van der Waals surface area (Å²) >= 11 is 0. The highest BCUT2D eigenvalue weighted by Crippen LogP contribution is 2.32. The molecule has 4 heterocycles. The first-order valence-electron chi connectivity index (χ1n) is 13.5. The van der Waals surface area contributed by atoms with Crippen molar-refractivity contribution in [2.45, 2.75) is 38.3 Å². The number of carbonyl (C=O) groups is 2. The highest BCUT2D eigenvalue weighted by molar-refractivity contribution is 6.00. The molecule has 0 bridgehead atoms. The lowest BCUT2D eigenvalue weighted by Crippen LogP contribution is -2.44. The molecule has 0 aliphatic carbocycles. The first-order valence-corrected chi connectivity index (χ1v) is 13.5. The van der Waals surface area contributed by atoms with Gasteiger partial charge in [-0.2, -0.15) is 5.10 Å². The molecule has 2 aromatic heterocycles. The second-order valence-corrected chi connectivity index (χ2v) is 11.4. The number of carbonyl (C=O) groups excluding carboxylic acids is 2. The summed E-state index contributed by atoms with van der Waals surface area (Å²) in [6.07, 6.45) is 4.67. The van der Waals surface area contributed by atoms with Crippen LogP contribution in [0.4, 0.5) is 16.3 Å². The number of H-pyrrole nitrogens is 1. The Morgan fingerprint density at radius 3 is 2.64 bits per heavy atom. The lowest BCUT2D eigenvalue weighted by Gasteiger charge is -2.34. The number of pyridine rings is 1. The van der Waals surface area contributed by atoms with Gasteiger partial charge in [-0.1, -0.05) is 39.0 Å². The fourth-order valence-corrected chi connectivity index (χ4v) is 5.06. The largest absolute Gasteiger partial charge is 0.324 e. The molecule has 6 rings (SSSR count). The number of hydrogen-bond donors (Lipinski definition) is 3. The molecule has 0 radical (unpaired) electrons. The van der Waals surface area contributed by atoms with Crippen molar-refractivity contribution in [3.63, 3.8) is 0 Å². The van der Waals surface area contributed by atoms with Crippen LogP contribution in [0.3, 0.4) is 0 Å². The van der Waals surface area contributed by atoms with Crippen molar-refractivity contribution in [2.24, 2.45) is 9.98 Å². The Morgan fingerprint density at radius 1 is 1.00 bits per heavy atom. The van der Waals surface area contributed by atoms with Gasteiger partial charge in [0.05, 0.1) is 17.3 Å². The smallest absolute Gasteiger partial charge is 0.322 e. The molecule has 2 unspecified atom stereocenters. The molecule has 42 heavy (non-hydrogen) atoms. The monoisotopic (exact) mass is 562 g/mol. The predicted molar refractivity (Wildman–Crippen MR) is 164 cm³/mol. The zero-order valence-electron chi connectivity index (χ0n) is 23.6. The number of aliphatic imine (C=N–C) groups is 2. The predicted octanol–water partition coefficient (Wildman–Crippen LogP) is 4.58. The molecule has 0 saturated carbocycles. The fraction of sp³-hybridized carbons (Fsp3) is 0.226. The molecule has 212 valence electrons. The molecular formula is C31H30N8O3. The van der Waals surface area contributed by atoms with Gasteiger partial charge in [-0.3, -0.25) is 14.9 Å². The number of amides is 3. The van der Waals surface area contributed by atoms with Crippen molar-refractivity contribution in [3.8, 4) is 5.69 Å². The van der Waals surface area contributed by atoms with E-state index >= 15 is 0 Å². The van der Waals surface area contributed by atoms with Crippen LogP contribution in [0.25, 0.3) is 16.6 Å². The molecule has 3 N–H and O–H groups in total. The quantitative estimate of drug-likeness (QED) is 0.335. The topological polar surface area (TPSA) is 137 Å². The Bertz CT molecular complexity index is 1870. The van der Waals surface area contributed by atoms with Crippen LogP contribution in [0.2, 0.25) is 0 Å². The number of rotatable bonds is 4. The first kappa shape index (κ1) is 26.9. The third-order valence-corrected chi connectivity index (χ3v) is 7.31. The molecule has 0 spiro atoms. The number of benzene rings is 2. The Kier molecular flexibility index (Phi) is 6.56. The number of aromatic nitrogens is 3. The average Bonchev–Trinajstić information content (AvgIpc) is 3.39. The molecular weight excluding hydrogens is 532 g/mol. The van der Waals surface area contributed by atoms with Gasteiger partial charge in [0.2, 0.25) is 11.5 Å². The van der Waals surface area contributed by atoms with Crippen LogP contribution in [0.1, 0.15) is 37.9 Å². The second kappa shape index (κ2) is 10.3. The van der Waals surface area contributed by atoms with Crippen molar-refractivity contribution in [1.82, 2.24) is 19.7 Å². The molecule has 2 atom stereocenters. The molecule has 11 heteroatoms. The van der Waals surface area contributed by atoms with Gasteiger partial charge in [0.15, 0.2) is 6.17 Å². The van der Waals surface area contributed by atoms with Crippen LogP contribution in [-0.2, 0) is 10.2 Å². The number of nitrogens with zero attached hydrogens (tertiary/aromatic N) is 5. The van der Waals surface area contributed by atoms with Crippen molar-refractivity contribution in [1.29, 1.82) is 0 Å². The van der Waals surface area contributed by atoms with Gasteiger partial charge in [-0.25, -0.2) is 19.5 Å². The van der Waals surface area contributed by atoms with E-state index in [-0.39, 0.29) is 23.0 Å². The molecule has 0 fully saturated rings. The normalized spacial score (nSPS) is 18.1. The zero-order valence-corrected chi connectivity index (χ0v) is 23.6. The number of anilines is 2. The lowest BCUT2D eigenvalue weighted by molar-refractivity contribution is -0.132. The number of likely N-dealkylation sites (N-methyl/N-ethyl adjacent to an activating group) is 1. The van der Waals surface area contributed by atoms with E-state index in [2.05, 4.69) is 25.6 Å². The fourth-order valence-electron chi connectivity index (χ4n) is 5.06. The van der Waals surface area contributed by atoms with Crippen LogP contribution in [0, 0.1) is 0 Å². The van der Waals surface area contributed by atoms with Crippen LogP contribution in [0.5, 0.6) is 0 Å². The summed E-state index contributed by atoms with van der Waals surface area (Å²) in [5.74, 6) is -0.130. The number of nitrogens with one attached hydrogen (secondary N) is 3. The molecule has 3 amide bonds. The first-order chi connectivity index (χ1) is 20.1. The summed E-state index contributed by atoms with van der Waals surface area (Å²) < 4.78 is 1.68. The van der Waals surface area contributed by atoms with Crippen LogP contribution in [-0.4, -0.2) is 57.4 Å². The number of urea groups is 1. The maximum Gasteiger partial charge on any atom is 0.324 e. The third-order valence-electron chi connectivity index (χ3n) is 7.31. The standard InChI is InChI=1S/C31H30N8O3/c1-31(2,3)25-15-26(39(37-25)22-9-10-24-19(13-22)8-11-27(40)35-24)36-30(42)34-21-7-5-6-18(12-21)23-14-20-16-32-17-33-28(20)38(4)29(23)41/h5-17,23,28H,1-4H3,(H,35,40)(H2,34,36,42).